The molecule has 3 nitrogen and oxygen atoms in total. The Bertz CT molecular complexity index is 498. The molecule has 0 bridgehead atoms. The third-order valence-corrected chi connectivity index (χ3v) is 5.43. The highest BCUT2D eigenvalue weighted by Gasteiger charge is 2.45. The third kappa shape index (κ3) is 3.28. The topological polar surface area (TPSA) is 43.8 Å². The van der Waals surface area contributed by atoms with Crippen molar-refractivity contribution in [3.05, 3.63) is 15.9 Å². The van der Waals surface area contributed by atoms with Crippen molar-refractivity contribution in [2.24, 2.45) is 23.6 Å². The van der Waals surface area contributed by atoms with Crippen LogP contribution >= 0.6 is 15.9 Å². The van der Waals surface area contributed by atoms with Crippen LogP contribution in [-0.4, -0.2) is 15.3 Å². The van der Waals surface area contributed by atoms with Gasteiger partial charge >= 0.3 is 0 Å². The molecule has 4 heteroatoms. The van der Waals surface area contributed by atoms with Crippen LogP contribution in [0, 0.1) is 17.8 Å². The molecule has 0 saturated heterocycles. The highest BCUT2D eigenvalue weighted by Crippen LogP contribution is 2.50. The van der Waals surface area contributed by atoms with Crippen LogP contribution in [0.3, 0.4) is 0 Å². The van der Waals surface area contributed by atoms with Gasteiger partial charge in [-0.2, -0.15) is 5.10 Å². The van der Waals surface area contributed by atoms with Crippen molar-refractivity contribution in [1.29, 1.82) is 0 Å². The average Bonchev–Trinajstić information content (AvgIpc) is 2.39. The number of aryl methyl sites for hydroxylation is 2. The standard InChI is InChI=1S/C16H28BrN3/c1-11-13(17)12(20(6)19-11)7-16(18)9-14(2,3)8-15(4,5)10-16/h7-10,18H2,1-6H3. The molecular formula is C16H28BrN3. The molecule has 1 heterocycles. The summed E-state index contributed by atoms with van der Waals surface area (Å²) < 4.78 is 3.09. The molecule has 2 N–H and O–H groups in total. The Balaban J connectivity index is 2.31. The molecule has 2 rings (SSSR count). The van der Waals surface area contributed by atoms with E-state index in [2.05, 4.69) is 48.7 Å². The molecule has 114 valence electrons. The van der Waals surface area contributed by atoms with Crippen molar-refractivity contribution in [1.82, 2.24) is 9.78 Å². The van der Waals surface area contributed by atoms with Crippen molar-refractivity contribution in [2.75, 3.05) is 0 Å². The van der Waals surface area contributed by atoms with Gasteiger partial charge in [0.1, 0.15) is 0 Å². The summed E-state index contributed by atoms with van der Waals surface area (Å²) in [6.07, 6.45) is 4.27. The van der Waals surface area contributed by atoms with Gasteiger partial charge in [-0.3, -0.25) is 4.68 Å². The van der Waals surface area contributed by atoms with Gasteiger partial charge in [-0.15, -0.1) is 0 Å². The molecule has 1 aromatic heterocycles. The van der Waals surface area contributed by atoms with Crippen molar-refractivity contribution in [3.63, 3.8) is 0 Å². The lowest BCUT2D eigenvalue weighted by Gasteiger charge is -2.50. The first kappa shape index (κ1) is 16.0. The summed E-state index contributed by atoms with van der Waals surface area (Å²) in [5.41, 5.74) is 9.55. The van der Waals surface area contributed by atoms with Crippen LogP contribution in [0.15, 0.2) is 4.47 Å². The van der Waals surface area contributed by atoms with E-state index in [9.17, 15) is 0 Å². The van der Waals surface area contributed by atoms with Crippen LogP contribution < -0.4 is 5.73 Å². The summed E-state index contributed by atoms with van der Waals surface area (Å²) in [5, 5.41) is 4.49. The molecule has 0 amide bonds. The van der Waals surface area contributed by atoms with Gasteiger partial charge in [0.2, 0.25) is 0 Å². The molecule has 0 aromatic carbocycles. The van der Waals surface area contributed by atoms with Gasteiger partial charge in [0, 0.05) is 19.0 Å². The van der Waals surface area contributed by atoms with Crippen molar-refractivity contribution in [2.45, 2.75) is 65.8 Å². The maximum atomic E-state index is 6.83. The minimum atomic E-state index is -0.145. The lowest BCUT2D eigenvalue weighted by Crippen LogP contribution is -2.53. The predicted molar refractivity (Wildman–Crippen MR) is 87.7 cm³/mol. The molecular weight excluding hydrogens is 314 g/mol. The quantitative estimate of drug-likeness (QED) is 0.884. The van der Waals surface area contributed by atoms with Crippen molar-refractivity contribution >= 4 is 15.9 Å². The van der Waals surface area contributed by atoms with Gasteiger partial charge in [0.15, 0.2) is 0 Å². The second-order valence-electron chi connectivity index (χ2n) is 8.37. The number of halogens is 1. The predicted octanol–water partition coefficient (Wildman–Crippen LogP) is 3.97. The summed E-state index contributed by atoms with van der Waals surface area (Å²) in [4.78, 5) is 0. The highest BCUT2D eigenvalue weighted by atomic mass is 79.9. The minimum absolute atomic E-state index is 0.145. The van der Waals surface area contributed by atoms with E-state index in [1.807, 2.05) is 18.7 Å². The van der Waals surface area contributed by atoms with Gasteiger partial charge in [-0.25, -0.2) is 0 Å². The first-order valence-corrected chi connectivity index (χ1v) is 8.19. The third-order valence-electron chi connectivity index (χ3n) is 4.40. The molecule has 1 saturated carbocycles. The normalized spacial score (nSPS) is 23.8. The van der Waals surface area contributed by atoms with Gasteiger partial charge in [-0.1, -0.05) is 27.7 Å². The maximum absolute atomic E-state index is 6.83. The first-order valence-electron chi connectivity index (χ1n) is 7.40. The molecule has 0 unspecified atom stereocenters. The molecule has 1 aliphatic carbocycles. The molecule has 0 aliphatic heterocycles. The number of nitrogens with two attached hydrogens (primary N) is 1. The van der Waals surface area contributed by atoms with E-state index in [-0.39, 0.29) is 5.54 Å². The molecule has 20 heavy (non-hydrogen) atoms. The Kier molecular flexibility index (Phi) is 3.88. The van der Waals surface area contributed by atoms with E-state index < -0.39 is 0 Å². The van der Waals surface area contributed by atoms with E-state index in [1.54, 1.807) is 0 Å². The molecule has 0 spiro atoms. The molecule has 1 aromatic rings. The number of rotatable bonds is 2. The van der Waals surface area contributed by atoms with Crippen molar-refractivity contribution < 1.29 is 0 Å². The van der Waals surface area contributed by atoms with Crippen LogP contribution in [0.2, 0.25) is 0 Å². The number of nitrogens with zero attached hydrogens (tertiary/aromatic N) is 2. The molecule has 0 radical (unpaired) electrons. The summed E-state index contributed by atoms with van der Waals surface area (Å²) in [7, 11) is 2.01. The minimum Gasteiger partial charge on any atom is -0.325 e. The second-order valence-corrected chi connectivity index (χ2v) is 9.16. The second kappa shape index (κ2) is 4.84. The van der Waals surface area contributed by atoms with Gasteiger partial charge in [-0.05, 0) is 52.9 Å². The fourth-order valence-corrected chi connectivity index (χ4v) is 5.20. The van der Waals surface area contributed by atoms with E-state index in [4.69, 9.17) is 5.73 Å². The Morgan fingerprint density at radius 3 is 2.05 bits per heavy atom. The smallest absolute Gasteiger partial charge is 0.0738 e. The fraction of sp³-hybridized carbons (Fsp3) is 0.812. The fourth-order valence-electron chi connectivity index (χ4n) is 4.72. The lowest BCUT2D eigenvalue weighted by molar-refractivity contribution is 0.0478. The first-order chi connectivity index (χ1) is 8.93. The van der Waals surface area contributed by atoms with Gasteiger partial charge in [0.25, 0.3) is 0 Å². The summed E-state index contributed by atoms with van der Waals surface area (Å²) in [6, 6.07) is 0. The Labute approximate surface area is 131 Å². The largest absolute Gasteiger partial charge is 0.325 e. The lowest BCUT2D eigenvalue weighted by atomic mass is 9.58. The zero-order valence-electron chi connectivity index (χ0n) is 13.7. The molecule has 1 aliphatic rings. The maximum Gasteiger partial charge on any atom is 0.0738 e. The Morgan fingerprint density at radius 2 is 1.65 bits per heavy atom. The van der Waals surface area contributed by atoms with Crippen LogP contribution in [0.4, 0.5) is 0 Å². The average molecular weight is 342 g/mol. The molecule has 0 atom stereocenters. The number of aromatic nitrogens is 2. The summed E-state index contributed by atoms with van der Waals surface area (Å²) in [6.45, 7) is 11.4. The van der Waals surface area contributed by atoms with Crippen LogP contribution in [0.5, 0.6) is 0 Å². The van der Waals surface area contributed by atoms with E-state index >= 15 is 0 Å². The van der Waals surface area contributed by atoms with Crippen LogP contribution in [0.1, 0.15) is 58.3 Å². The number of hydrogen-bond donors (Lipinski definition) is 1. The zero-order valence-corrected chi connectivity index (χ0v) is 15.3. The summed E-state index contributed by atoms with van der Waals surface area (Å²) in [5.74, 6) is 0. The van der Waals surface area contributed by atoms with Crippen molar-refractivity contribution in [3.8, 4) is 0 Å². The van der Waals surface area contributed by atoms with E-state index in [0.29, 0.717) is 10.8 Å². The van der Waals surface area contributed by atoms with Gasteiger partial charge in [0.05, 0.1) is 15.9 Å². The van der Waals surface area contributed by atoms with E-state index in [1.165, 1.54) is 12.1 Å². The number of hydrogen-bond acceptors (Lipinski definition) is 2. The Morgan fingerprint density at radius 1 is 1.15 bits per heavy atom. The zero-order chi connectivity index (χ0) is 15.3. The van der Waals surface area contributed by atoms with Crippen LogP contribution in [0.25, 0.3) is 0 Å². The highest BCUT2D eigenvalue weighted by molar-refractivity contribution is 9.10. The monoisotopic (exact) mass is 341 g/mol. The summed E-state index contributed by atoms with van der Waals surface area (Å²) >= 11 is 3.67. The Hall–Kier alpha value is -0.350. The van der Waals surface area contributed by atoms with Crippen LogP contribution in [-0.2, 0) is 13.5 Å². The van der Waals surface area contributed by atoms with E-state index in [0.717, 1.165) is 29.4 Å². The SMILES string of the molecule is Cc1nn(C)c(CC2(N)CC(C)(C)CC(C)(C)C2)c1Br. The molecule has 1 fully saturated rings. The van der Waals surface area contributed by atoms with Gasteiger partial charge < -0.3 is 5.73 Å².